The van der Waals surface area contributed by atoms with Crippen LogP contribution in [0.25, 0.3) is 0 Å². The molecule has 1 aliphatic rings. The molecule has 1 saturated heterocycles. The molecular weight excluding hydrogens is 379 g/mol. The second-order valence-electron chi connectivity index (χ2n) is 9.28. The van der Waals surface area contributed by atoms with Gasteiger partial charge in [-0.15, -0.1) is 0 Å². The predicted octanol–water partition coefficient (Wildman–Crippen LogP) is 0.222. The number of aliphatic hydroxyl groups excluding tert-OH is 1. The van der Waals surface area contributed by atoms with E-state index in [4.69, 9.17) is 0 Å². The van der Waals surface area contributed by atoms with E-state index in [1.165, 1.54) is 13.4 Å². The summed E-state index contributed by atoms with van der Waals surface area (Å²) >= 11 is 0. The monoisotopic (exact) mass is 416 g/mol. The van der Waals surface area contributed by atoms with E-state index in [1.807, 2.05) is 50.9 Å². The van der Waals surface area contributed by atoms with Gasteiger partial charge >= 0.3 is 0 Å². The normalized spacial score (nSPS) is 19.9. The van der Waals surface area contributed by atoms with E-state index >= 15 is 0 Å². The first-order valence-electron chi connectivity index (χ1n) is 10.8. The lowest BCUT2D eigenvalue weighted by Crippen LogP contribution is -2.62. The van der Waals surface area contributed by atoms with Gasteiger partial charge in [-0.3, -0.25) is 14.5 Å². The van der Waals surface area contributed by atoms with E-state index < -0.39 is 12.1 Å². The Morgan fingerprint density at radius 2 is 1.90 bits per heavy atom. The highest BCUT2D eigenvalue weighted by Gasteiger charge is 2.35. The highest BCUT2D eigenvalue weighted by Crippen LogP contribution is 2.15. The molecule has 3 atom stereocenters. The maximum atomic E-state index is 12.9. The molecule has 0 radical (unpaired) electrons. The summed E-state index contributed by atoms with van der Waals surface area (Å²) in [4.78, 5) is 28.5. The van der Waals surface area contributed by atoms with Gasteiger partial charge in [0.1, 0.15) is 6.04 Å². The molecule has 0 aliphatic carbocycles. The third kappa shape index (κ3) is 7.74. The predicted molar refractivity (Wildman–Crippen MR) is 122 cm³/mol. The number of carbonyl (C=O) groups excluding carboxylic acids is 2. The SMILES string of the molecule is BC(=O)N1CCN(C[C@@H](O)CC(Cc2ccccc2)NC)[C@H](C(=O)NC(C)(C)C)C1. The van der Waals surface area contributed by atoms with E-state index in [9.17, 15) is 14.7 Å². The first-order valence-corrected chi connectivity index (χ1v) is 10.8. The van der Waals surface area contributed by atoms with Crippen LogP contribution in [0.4, 0.5) is 4.79 Å². The molecule has 1 fully saturated rings. The maximum Gasteiger partial charge on any atom is 0.239 e. The summed E-state index contributed by atoms with van der Waals surface area (Å²) in [5, 5.41) is 17.1. The lowest BCUT2D eigenvalue weighted by molar-refractivity contribution is -0.130. The van der Waals surface area contributed by atoms with Crippen molar-refractivity contribution in [3.8, 4) is 0 Å². The van der Waals surface area contributed by atoms with Crippen molar-refractivity contribution in [2.24, 2.45) is 0 Å². The Bertz CT molecular complexity index is 695. The zero-order chi connectivity index (χ0) is 22.3. The number of hydrogen-bond acceptors (Lipinski definition) is 5. The van der Waals surface area contributed by atoms with Crippen LogP contribution in [0.5, 0.6) is 0 Å². The van der Waals surface area contributed by atoms with E-state index in [0.717, 1.165) is 6.42 Å². The smallest absolute Gasteiger partial charge is 0.239 e. The zero-order valence-electron chi connectivity index (χ0n) is 19.0. The lowest BCUT2D eigenvalue weighted by atomic mass is 9.99. The number of likely N-dealkylation sites (N-methyl/N-ethyl adjacent to an activating group) is 1. The first-order chi connectivity index (χ1) is 14.1. The molecule has 1 unspecified atom stereocenters. The zero-order valence-corrected chi connectivity index (χ0v) is 19.0. The number of hydrogen-bond donors (Lipinski definition) is 3. The number of benzene rings is 1. The first kappa shape index (κ1) is 24.4. The summed E-state index contributed by atoms with van der Waals surface area (Å²) < 4.78 is 0. The van der Waals surface area contributed by atoms with Gasteiger partial charge in [0.05, 0.1) is 6.10 Å². The number of nitrogens with zero attached hydrogens (tertiary/aromatic N) is 2. The Hall–Kier alpha value is -1.90. The van der Waals surface area contributed by atoms with E-state index in [2.05, 4.69) is 22.8 Å². The Morgan fingerprint density at radius 1 is 1.23 bits per heavy atom. The number of nitrogens with one attached hydrogen (secondary N) is 2. The fourth-order valence-electron chi connectivity index (χ4n) is 3.90. The van der Waals surface area contributed by atoms with Crippen LogP contribution in [-0.2, 0) is 11.2 Å². The van der Waals surface area contributed by atoms with Gasteiger partial charge in [-0.2, -0.15) is 0 Å². The van der Waals surface area contributed by atoms with Crippen LogP contribution in [0.2, 0.25) is 0 Å². The van der Waals surface area contributed by atoms with Gasteiger partial charge in [-0.25, -0.2) is 0 Å². The van der Waals surface area contributed by atoms with Crippen LogP contribution < -0.4 is 10.6 Å². The average Bonchev–Trinajstić information content (AvgIpc) is 2.67. The number of piperazine rings is 1. The van der Waals surface area contributed by atoms with E-state index in [0.29, 0.717) is 32.6 Å². The van der Waals surface area contributed by atoms with E-state index in [1.54, 1.807) is 4.90 Å². The van der Waals surface area contributed by atoms with Crippen LogP contribution >= 0.6 is 0 Å². The minimum Gasteiger partial charge on any atom is -0.392 e. The molecule has 0 aromatic heterocycles. The van der Waals surface area contributed by atoms with Crippen molar-refractivity contribution in [3.05, 3.63) is 35.9 Å². The molecular formula is C22H37BN4O3. The molecule has 0 saturated carbocycles. The van der Waals surface area contributed by atoms with Crippen molar-refractivity contribution in [1.29, 1.82) is 0 Å². The minimum absolute atomic E-state index is 0.0261. The molecule has 2 rings (SSSR count). The van der Waals surface area contributed by atoms with Crippen molar-refractivity contribution >= 4 is 19.6 Å². The van der Waals surface area contributed by atoms with Crippen LogP contribution in [0, 0.1) is 0 Å². The maximum absolute atomic E-state index is 12.9. The van der Waals surface area contributed by atoms with Crippen LogP contribution in [0.15, 0.2) is 30.3 Å². The Labute approximate surface area is 181 Å². The summed E-state index contributed by atoms with van der Waals surface area (Å²) in [5.74, 6) is -0.128. The number of carbonyl (C=O) groups is 2. The van der Waals surface area contributed by atoms with Gasteiger partial charge in [-0.1, -0.05) is 30.3 Å². The minimum atomic E-state index is -0.569. The molecule has 3 N–H and O–H groups in total. The average molecular weight is 416 g/mol. The van der Waals surface area contributed by atoms with Crippen molar-refractivity contribution in [2.75, 3.05) is 33.2 Å². The van der Waals surface area contributed by atoms with Gasteiger partial charge in [-0.05, 0) is 46.2 Å². The molecule has 0 bridgehead atoms. The number of amides is 2. The topological polar surface area (TPSA) is 84.9 Å². The Morgan fingerprint density at radius 3 is 2.47 bits per heavy atom. The Balaban J connectivity index is 2.01. The summed E-state index contributed by atoms with van der Waals surface area (Å²) in [6, 6.07) is 9.89. The van der Waals surface area contributed by atoms with Crippen molar-refractivity contribution in [3.63, 3.8) is 0 Å². The van der Waals surface area contributed by atoms with E-state index in [-0.39, 0.29) is 23.3 Å². The number of β-amino-alcohol motifs (C(OH)–C–C–N with tert-alkyl or cyclic N) is 1. The number of aliphatic hydroxyl groups is 1. The fourth-order valence-corrected chi connectivity index (χ4v) is 3.90. The third-order valence-electron chi connectivity index (χ3n) is 5.47. The molecule has 2 amide bonds. The second kappa shape index (κ2) is 10.9. The van der Waals surface area contributed by atoms with Gasteiger partial charge < -0.3 is 20.6 Å². The van der Waals surface area contributed by atoms with Gasteiger partial charge in [0.15, 0.2) is 5.81 Å². The van der Waals surface area contributed by atoms with Crippen molar-refractivity contribution in [2.45, 2.75) is 57.3 Å². The molecule has 30 heavy (non-hydrogen) atoms. The second-order valence-corrected chi connectivity index (χ2v) is 9.28. The lowest BCUT2D eigenvalue weighted by Gasteiger charge is -2.42. The molecule has 1 heterocycles. The van der Waals surface area contributed by atoms with Gasteiger partial charge in [0.25, 0.3) is 0 Å². The van der Waals surface area contributed by atoms with Crippen LogP contribution in [0.1, 0.15) is 32.8 Å². The summed E-state index contributed by atoms with van der Waals surface area (Å²) in [7, 11) is 3.44. The molecule has 1 aromatic rings. The quantitative estimate of drug-likeness (QED) is 0.528. The summed E-state index contributed by atoms with van der Waals surface area (Å²) in [6.07, 6.45) is 0.854. The summed E-state index contributed by atoms with van der Waals surface area (Å²) in [5.41, 5.74) is 0.869. The Kier molecular flexibility index (Phi) is 8.88. The number of rotatable bonds is 8. The highest BCUT2D eigenvalue weighted by molar-refractivity contribution is 6.56. The van der Waals surface area contributed by atoms with Crippen molar-refractivity contribution in [1.82, 2.24) is 20.4 Å². The molecule has 7 nitrogen and oxygen atoms in total. The molecule has 1 aliphatic heterocycles. The summed E-state index contributed by atoms with van der Waals surface area (Å²) in [6.45, 7) is 7.72. The third-order valence-corrected chi connectivity index (χ3v) is 5.47. The highest BCUT2D eigenvalue weighted by atomic mass is 16.3. The molecule has 1 aromatic carbocycles. The largest absolute Gasteiger partial charge is 0.392 e. The molecule has 0 spiro atoms. The fraction of sp³-hybridized carbons (Fsp3) is 0.636. The molecule has 166 valence electrons. The molecule has 8 heteroatoms. The van der Waals surface area contributed by atoms with Crippen LogP contribution in [-0.4, -0.2) is 91.4 Å². The van der Waals surface area contributed by atoms with Crippen molar-refractivity contribution < 1.29 is 14.7 Å². The van der Waals surface area contributed by atoms with Crippen LogP contribution in [0.3, 0.4) is 0 Å². The van der Waals surface area contributed by atoms with Gasteiger partial charge in [0, 0.05) is 37.8 Å². The standard InChI is InChI=1S/C22H37BN4O3/c1-22(2,3)25-20(29)19-15-27(21(23)30)11-10-26(19)14-18(28)13-17(24-4)12-16-8-6-5-7-9-16/h5-9,17-19,24,28H,10-15,23H2,1-4H3,(H,25,29)/t17?,18-,19-/m0/s1. The van der Waals surface area contributed by atoms with Gasteiger partial charge in [0.2, 0.25) is 13.8 Å².